The minimum absolute atomic E-state index is 0.0808. The molecular formula is C12H24N2. The van der Waals surface area contributed by atoms with E-state index in [1.165, 1.54) is 0 Å². The Bertz CT molecular complexity index is 173. The van der Waals surface area contributed by atoms with Crippen LogP contribution in [0.5, 0.6) is 0 Å². The first-order valence-corrected chi connectivity index (χ1v) is 5.81. The molecule has 0 spiro atoms. The zero-order valence-electron chi connectivity index (χ0n) is 10.1. The molecule has 0 amide bonds. The van der Waals surface area contributed by atoms with Gasteiger partial charge in [0.1, 0.15) is 0 Å². The van der Waals surface area contributed by atoms with Gasteiger partial charge < -0.3 is 4.90 Å². The van der Waals surface area contributed by atoms with Crippen molar-refractivity contribution in [3.63, 3.8) is 0 Å². The fraction of sp³-hybridized carbons (Fsp3) is 0.917. The van der Waals surface area contributed by atoms with Gasteiger partial charge in [0.2, 0.25) is 0 Å². The maximum atomic E-state index is 9.17. The van der Waals surface area contributed by atoms with Gasteiger partial charge in [-0.15, -0.1) is 0 Å². The Hall–Kier alpha value is -0.550. The second-order valence-corrected chi connectivity index (χ2v) is 3.88. The van der Waals surface area contributed by atoms with Crippen LogP contribution in [0.25, 0.3) is 0 Å². The van der Waals surface area contributed by atoms with E-state index in [9.17, 15) is 0 Å². The quantitative estimate of drug-likeness (QED) is 0.626. The molecule has 82 valence electrons. The largest absolute Gasteiger partial charge is 0.304 e. The van der Waals surface area contributed by atoms with E-state index >= 15 is 0 Å². The van der Waals surface area contributed by atoms with Crippen molar-refractivity contribution in [1.82, 2.24) is 4.90 Å². The van der Waals surface area contributed by atoms with Crippen LogP contribution in [0.4, 0.5) is 0 Å². The molecule has 0 bridgehead atoms. The highest BCUT2D eigenvalue weighted by atomic mass is 15.1. The van der Waals surface area contributed by atoms with Crippen molar-refractivity contribution < 1.29 is 0 Å². The minimum atomic E-state index is -0.0808. The fourth-order valence-corrected chi connectivity index (χ4v) is 1.73. The number of nitriles is 1. The van der Waals surface area contributed by atoms with Gasteiger partial charge in [-0.1, -0.05) is 27.7 Å². The van der Waals surface area contributed by atoms with Crippen molar-refractivity contribution in [3.8, 4) is 6.07 Å². The van der Waals surface area contributed by atoms with Gasteiger partial charge in [0, 0.05) is 0 Å². The van der Waals surface area contributed by atoms with Crippen LogP contribution in [0.1, 0.15) is 47.0 Å². The molecule has 14 heavy (non-hydrogen) atoms. The standard InChI is InChI=1S/C12H24N2/c1-5-12(6-2,11-13)9-10-14(7-3)8-4/h5-10H2,1-4H3. The molecule has 0 aromatic rings. The number of nitrogens with zero attached hydrogens (tertiary/aromatic N) is 2. The predicted octanol–water partition coefficient (Wildman–Crippen LogP) is 3.05. The lowest BCUT2D eigenvalue weighted by Gasteiger charge is -2.27. The normalized spacial score (nSPS) is 11.7. The summed E-state index contributed by atoms with van der Waals surface area (Å²) >= 11 is 0. The van der Waals surface area contributed by atoms with Gasteiger partial charge in [0.15, 0.2) is 0 Å². The third-order valence-corrected chi connectivity index (χ3v) is 3.39. The number of rotatable bonds is 7. The molecule has 0 radical (unpaired) electrons. The van der Waals surface area contributed by atoms with Gasteiger partial charge in [0.25, 0.3) is 0 Å². The lowest BCUT2D eigenvalue weighted by atomic mass is 9.81. The molecule has 0 unspecified atom stereocenters. The molecule has 0 aromatic heterocycles. The average molecular weight is 196 g/mol. The SMILES string of the molecule is CCN(CC)CCC(C#N)(CC)CC. The van der Waals surface area contributed by atoms with Crippen molar-refractivity contribution in [2.75, 3.05) is 19.6 Å². The summed E-state index contributed by atoms with van der Waals surface area (Å²) in [5.41, 5.74) is -0.0808. The van der Waals surface area contributed by atoms with E-state index in [1.54, 1.807) is 0 Å². The maximum Gasteiger partial charge on any atom is 0.0690 e. The first-order chi connectivity index (χ1) is 6.67. The Morgan fingerprint density at radius 3 is 1.86 bits per heavy atom. The highest BCUT2D eigenvalue weighted by molar-refractivity contribution is 4.97. The molecule has 2 nitrogen and oxygen atoms in total. The smallest absolute Gasteiger partial charge is 0.0690 e. The average Bonchev–Trinajstić information content (AvgIpc) is 2.26. The Labute approximate surface area is 88.9 Å². The van der Waals surface area contributed by atoms with E-state index in [0.29, 0.717) is 0 Å². The summed E-state index contributed by atoms with van der Waals surface area (Å²) in [5, 5.41) is 9.17. The Kier molecular flexibility index (Phi) is 6.57. The van der Waals surface area contributed by atoms with E-state index in [-0.39, 0.29) is 5.41 Å². The molecule has 0 rings (SSSR count). The van der Waals surface area contributed by atoms with Crippen LogP contribution in [-0.4, -0.2) is 24.5 Å². The molecule has 0 aliphatic carbocycles. The van der Waals surface area contributed by atoms with Crippen LogP contribution in [0, 0.1) is 16.7 Å². The minimum Gasteiger partial charge on any atom is -0.304 e. The summed E-state index contributed by atoms with van der Waals surface area (Å²) in [7, 11) is 0. The topological polar surface area (TPSA) is 27.0 Å². The zero-order valence-corrected chi connectivity index (χ0v) is 10.1. The molecule has 0 aliphatic rings. The van der Waals surface area contributed by atoms with Crippen LogP contribution in [0.3, 0.4) is 0 Å². The molecular weight excluding hydrogens is 172 g/mol. The number of hydrogen-bond acceptors (Lipinski definition) is 2. The molecule has 0 aromatic carbocycles. The van der Waals surface area contributed by atoms with Crippen molar-refractivity contribution >= 4 is 0 Å². The fourth-order valence-electron chi connectivity index (χ4n) is 1.73. The molecule has 0 heterocycles. The second kappa shape index (κ2) is 6.84. The van der Waals surface area contributed by atoms with Crippen LogP contribution in [0.2, 0.25) is 0 Å². The van der Waals surface area contributed by atoms with Crippen molar-refractivity contribution in [3.05, 3.63) is 0 Å². The molecule has 0 fully saturated rings. The van der Waals surface area contributed by atoms with Gasteiger partial charge in [-0.25, -0.2) is 0 Å². The van der Waals surface area contributed by atoms with Gasteiger partial charge in [-0.05, 0) is 38.9 Å². The summed E-state index contributed by atoms with van der Waals surface area (Å²) < 4.78 is 0. The molecule has 0 aliphatic heterocycles. The van der Waals surface area contributed by atoms with Crippen LogP contribution >= 0.6 is 0 Å². The molecule has 0 atom stereocenters. The Balaban J connectivity index is 4.13. The van der Waals surface area contributed by atoms with E-state index in [4.69, 9.17) is 5.26 Å². The lowest BCUT2D eigenvalue weighted by molar-refractivity contribution is 0.235. The van der Waals surface area contributed by atoms with Gasteiger partial charge >= 0.3 is 0 Å². The van der Waals surface area contributed by atoms with Gasteiger partial charge in [-0.3, -0.25) is 0 Å². The molecule has 0 saturated carbocycles. The zero-order chi connectivity index (χ0) is 11.0. The molecule has 0 saturated heterocycles. The highest BCUT2D eigenvalue weighted by Crippen LogP contribution is 2.29. The van der Waals surface area contributed by atoms with E-state index in [2.05, 4.69) is 38.7 Å². The summed E-state index contributed by atoms with van der Waals surface area (Å²) in [4.78, 5) is 2.39. The number of hydrogen-bond donors (Lipinski definition) is 0. The van der Waals surface area contributed by atoms with Gasteiger partial charge in [-0.2, -0.15) is 5.26 Å². The third kappa shape index (κ3) is 3.67. The summed E-state index contributed by atoms with van der Waals surface area (Å²) in [6.45, 7) is 11.8. The summed E-state index contributed by atoms with van der Waals surface area (Å²) in [5.74, 6) is 0. The highest BCUT2D eigenvalue weighted by Gasteiger charge is 2.25. The second-order valence-electron chi connectivity index (χ2n) is 3.88. The summed E-state index contributed by atoms with van der Waals surface area (Å²) in [6, 6.07) is 2.49. The Morgan fingerprint density at radius 2 is 1.57 bits per heavy atom. The van der Waals surface area contributed by atoms with Crippen molar-refractivity contribution in [2.24, 2.45) is 5.41 Å². The van der Waals surface area contributed by atoms with Crippen molar-refractivity contribution in [1.29, 1.82) is 5.26 Å². The van der Waals surface area contributed by atoms with Crippen LogP contribution in [0.15, 0.2) is 0 Å². The molecule has 0 N–H and O–H groups in total. The predicted molar refractivity (Wildman–Crippen MR) is 61.0 cm³/mol. The first kappa shape index (κ1) is 13.4. The monoisotopic (exact) mass is 196 g/mol. The third-order valence-electron chi connectivity index (χ3n) is 3.39. The van der Waals surface area contributed by atoms with E-state index in [1.807, 2.05) is 0 Å². The first-order valence-electron chi connectivity index (χ1n) is 5.81. The maximum absolute atomic E-state index is 9.17. The summed E-state index contributed by atoms with van der Waals surface area (Å²) in [6.07, 6.45) is 2.96. The van der Waals surface area contributed by atoms with Crippen molar-refractivity contribution in [2.45, 2.75) is 47.0 Å². The van der Waals surface area contributed by atoms with Crippen LogP contribution < -0.4 is 0 Å². The van der Waals surface area contributed by atoms with Gasteiger partial charge in [0.05, 0.1) is 11.5 Å². The van der Waals surface area contributed by atoms with Crippen LogP contribution in [-0.2, 0) is 0 Å². The Morgan fingerprint density at radius 1 is 1.07 bits per heavy atom. The lowest BCUT2D eigenvalue weighted by Crippen LogP contribution is -2.29. The van der Waals surface area contributed by atoms with E-state index < -0.39 is 0 Å². The van der Waals surface area contributed by atoms with E-state index in [0.717, 1.165) is 38.9 Å². The molecule has 2 heteroatoms.